The van der Waals surface area contributed by atoms with Crippen LogP contribution in [0.15, 0.2) is 49.6 Å². The number of ether oxygens (including phenoxy) is 2. The molecule has 0 saturated carbocycles. The molecular weight excluding hydrogens is 492 g/mol. The van der Waals surface area contributed by atoms with Gasteiger partial charge in [-0.15, -0.1) is 18.3 Å². The summed E-state index contributed by atoms with van der Waals surface area (Å²) in [6.45, 7) is 11.4. The lowest BCUT2D eigenvalue weighted by Gasteiger charge is -2.39. The van der Waals surface area contributed by atoms with Crippen molar-refractivity contribution in [3.63, 3.8) is 0 Å². The molecule has 9 heteroatoms. The van der Waals surface area contributed by atoms with E-state index < -0.39 is 39.4 Å². The van der Waals surface area contributed by atoms with E-state index in [0.717, 1.165) is 0 Å². The Morgan fingerprint density at radius 3 is 2.54 bits per heavy atom. The number of aliphatic hydroxyl groups excluding tert-OH is 1. The molecule has 1 aromatic carbocycles. The molecule has 6 atom stereocenters. The molecule has 2 amide bonds. The highest BCUT2D eigenvalue weighted by Gasteiger charge is 2.78. The first-order chi connectivity index (χ1) is 17.7. The maximum atomic E-state index is 14.5. The molecule has 1 N–H and O–H groups in total. The number of hydrogen-bond donors (Lipinski definition) is 1. The maximum Gasteiger partial charge on any atom is 0.311 e. The van der Waals surface area contributed by atoms with Gasteiger partial charge in [-0.05, 0) is 50.5 Å². The summed E-state index contributed by atoms with van der Waals surface area (Å²) in [5.41, 5.74) is 0.653. The number of hydrogen-bond acceptors (Lipinski definition) is 7. The summed E-state index contributed by atoms with van der Waals surface area (Å²) < 4.78 is 9.41. The Balaban J connectivity index is 1.81. The summed E-state index contributed by atoms with van der Waals surface area (Å²) in [4.78, 5) is 45.1. The van der Waals surface area contributed by atoms with E-state index in [0.29, 0.717) is 30.7 Å². The molecule has 0 aromatic heterocycles. The number of benzene rings is 1. The Bertz CT molecular complexity index is 1070. The third-order valence-electron chi connectivity index (χ3n) is 8.08. The van der Waals surface area contributed by atoms with Crippen molar-refractivity contribution < 1.29 is 29.0 Å². The number of rotatable bonds is 11. The van der Waals surface area contributed by atoms with Crippen LogP contribution in [0.25, 0.3) is 0 Å². The zero-order chi connectivity index (χ0) is 27.0. The third kappa shape index (κ3) is 4.26. The molecule has 1 aromatic rings. The van der Waals surface area contributed by atoms with Crippen molar-refractivity contribution in [2.45, 2.75) is 54.7 Å². The lowest BCUT2D eigenvalue weighted by atomic mass is 9.66. The van der Waals surface area contributed by atoms with E-state index >= 15 is 0 Å². The van der Waals surface area contributed by atoms with Gasteiger partial charge in [-0.3, -0.25) is 14.4 Å². The van der Waals surface area contributed by atoms with Crippen molar-refractivity contribution in [1.82, 2.24) is 4.90 Å². The lowest BCUT2D eigenvalue weighted by Crippen LogP contribution is -2.57. The maximum absolute atomic E-state index is 14.5. The van der Waals surface area contributed by atoms with E-state index in [1.54, 1.807) is 59.0 Å². The fourth-order valence-corrected chi connectivity index (χ4v) is 8.73. The van der Waals surface area contributed by atoms with Gasteiger partial charge in [-0.1, -0.05) is 25.7 Å². The number of methoxy groups -OCH3 is 1. The van der Waals surface area contributed by atoms with E-state index in [4.69, 9.17) is 9.47 Å². The van der Waals surface area contributed by atoms with Gasteiger partial charge in [-0.2, -0.15) is 0 Å². The highest BCUT2D eigenvalue weighted by molar-refractivity contribution is 8.02. The second kappa shape index (κ2) is 10.5. The van der Waals surface area contributed by atoms with Crippen molar-refractivity contribution >= 4 is 35.2 Å². The van der Waals surface area contributed by atoms with Gasteiger partial charge >= 0.3 is 5.97 Å². The molecule has 3 aliphatic rings. The second-order valence-electron chi connectivity index (χ2n) is 10.1. The van der Waals surface area contributed by atoms with Crippen LogP contribution in [-0.2, 0) is 19.1 Å². The number of anilines is 1. The highest BCUT2D eigenvalue weighted by atomic mass is 32.2. The molecular formula is C28H36N2O6S. The molecule has 3 fully saturated rings. The number of carbonyl (C=O) groups excluding carboxylic acids is 3. The molecule has 0 radical (unpaired) electrons. The predicted octanol–water partition coefficient (Wildman–Crippen LogP) is 3.20. The van der Waals surface area contributed by atoms with Gasteiger partial charge in [0.15, 0.2) is 0 Å². The van der Waals surface area contributed by atoms with Crippen LogP contribution in [0.3, 0.4) is 0 Å². The Labute approximate surface area is 222 Å². The first kappa shape index (κ1) is 27.3. The Morgan fingerprint density at radius 1 is 1.27 bits per heavy atom. The Morgan fingerprint density at radius 2 is 1.97 bits per heavy atom. The molecule has 2 bridgehead atoms. The second-order valence-corrected chi connectivity index (χ2v) is 12.0. The van der Waals surface area contributed by atoms with Crippen molar-refractivity contribution in [1.29, 1.82) is 0 Å². The van der Waals surface area contributed by atoms with Gasteiger partial charge in [0, 0.05) is 17.0 Å². The quantitative estimate of drug-likeness (QED) is 0.348. The van der Waals surface area contributed by atoms with Gasteiger partial charge < -0.3 is 24.4 Å². The molecule has 2 unspecified atom stereocenters. The molecule has 37 heavy (non-hydrogen) atoms. The first-order valence-electron chi connectivity index (χ1n) is 12.7. The minimum atomic E-state index is -0.840. The van der Waals surface area contributed by atoms with E-state index in [1.165, 1.54) is 6.08 Å². The van der Waals surface area contributed by atoms with Crippen molar-refractivity contribution in [3.05, 3.63) is 49.6 Å². The van der Waals surface area contributed by atoms with Crippen LogP contribution < -0.4 is 9.64 Å². The zero-order valence-electron chi connectivity index (χ0n) is 21.7. The number of aliphatic hydroxyl groups is 1. The van der Waals surface area contributed by atoms with Crippen LogP contribution in [0.5, 0.6) is 5.75 Å². The fraction of sp³-hybridized carbons (Fsp3) is 0.536. The number of fused-ring (bicyclic) bond motifs is 1. The van der Waals surface area contributed by atoms with Gasteiger partial charge in [-0.25, -0.2) is 0 Å². The third-order valence-corrected chi connectivity index (χ3v) is 10.1. The summed E-state index contributed by atoms with van der Waals surface area (Å²) in [7, 11) is 1.58. The highest BCUT2D eigenvalue weighted by Crippen LogP contribution is 2.71. The molecule has 3 aliphatic heterocycles. The number of thioether (sulfide) groups is 1. The average Bonchev–Trinajstić information content (AvgIpc) is 3.47. The van der Waals surface area contributed by atoms with Crippen molar-refractivity contribution in [2.24, 2.45) is 11.8 Å². The van der Waals surface area contributed by atoms with Crippen LogP contribution in [0.4, 0.5) is 5.69 Å². The minimum absolute atomic E-state index is 0.0644. The van der Waals surface area contributed by atoms with Crippen molar-refractivity contribution in [3.8, 4) is 5.75 Å². The average molecular weight is 529 g/mol. The van der Waals surface area contributed by atoms with Crippen LogP contribution in [0.1, 0.15) is 33.1 Å². The number of amides is 2. The first-order valence-corrected chi connectivity index (χ1v) is 13.5. The largest absolute Gasteiger partial charge is 0.497 e. The number of carbonyl (C=O) groups is 3. The normalized spacial score (nSPS) is 30.5. The number of nitrogens with zero attached hydrogens (tertiary/aromatic N) is 2. The summed E-state index contributed by atoms with van der Waals surface area (Å²) in [6, 6.07) is 5.78. The standard InChI is InChI=1S/C28H36N2O6S/c1-6-15-29(19-9-11-20(35-5)12-10-19)25(33)23-28-14-13-27(4,37-28)22(26(34)36-16-7-2)21(28)24(32)30(23)18(8-3)17-31/h6-7,9-12,18,21-23,31H,1-2,8,13-17H2,3-5H3/t18-,21-,22+,23?,27-,28?/m0/s1. The molecule has 3 saturated heterocycles. The van der Waals surface area contributed by atoms with Crippen LogP contribution >= 0.6 is 11.8 Å². The number of esters is 1. The topological polar surface area (TPSA) is 96.4 Å². The molecule has 8 nitrogen and oxygen atoms in total. The van der Waals surface area contributed by atoms with Crippen LogP contribution in [0.2, 0.25) is 0 Å². The van der Waals surface area contributed by atoms with Gasteiger partial charge in [0.1, 0.15) is 18.4 Å². The molecule has 1 spiro atoms. The van der Waals surface area contributed by atoms with Crippen molar-refractivity contribution in [2.75, 3.05) is 31.8 Å². The minimum Gasteiger partial charge on any atom is -0.497 e. The molecule has 3 heterocycles. The molecule has 200 valence electrons. The summed E-state index contributed by atoms with van der Waals surface area (Å²) >= 11 is 1.58. The fourth-order valence-electron chi connectivity index (χ4n) is 6.40. The Kier molecular flexibility index (Phi) is 7.76. The summed E-state index contributed by atoms with van der Waals surface area (Å²) in [6.07, 6.45) is 4.94. The summed E-state index contributed by atoms with van der Waals surface area (Å²) in [5, 5.41) is 10.2. The monoisotopic (exact) mass is 528 g/mol. The zero-order valence-corrected chi connectivity index (χ0v) is 22.5. The van der Waals surface area contributed by atoms with Crippen LogP contribution in [0, 0.1) is 11.8 Å². The molecule has 4 rings (SSSR count). The van der Waals surface area contributed by atoms with Crippen LogP contribution in [-0.4, -0.2) is 76.2 Å². The number of likely N-dealkylation sites (tertiary alicyclic amines) is 1. The Hall–Kier alpha value is -2.78. The van der Waals surface area contributed by atoms with E-state index in [-0.39, 0.29) is 31.6 Å². The van der Waals surface area contributed by atoms with E-state index in [9.17, 15) is 19.5 Å². The van der Waals surface area contributed by atoms with Gasteiger partial charge in [0.05, 0.1) is 36.3 Å². The summed E-state index contributed by atoms with van der Waals surface area (Å²) in [5.74, 6) is -1.66. The van der Waals surface area contributed by atoms with E-state index in [1.807, 2.05) is 13.8 Å². The molecule has 0 aliphatic carbocycles. The predicted molar refractivity (Wildman–Crippen MR) is 143 cm³/mol. The van der Waals surface area contributed by atoms with E-state index in [2.05, 4.69) is 13.2 Å². The smallest absolute Gasteiger partial charge is 0.311 e. The van der Waals surface area contributed by atoms with Gasteiger partial charge in [0.25, 0.3) is 5.91 Å². The lowest BCUT2D eigenvalue weighted by molar-refractivity contribution is -0.155. The van der Waals surface area contributed by atoms with Gasteiger partial charge in [0.2, 0.25) is 5.91 Å². The SMILES string of the molecule is C=CCOC(=O)[C@H]1[C@H]2C(=O)N([C@@H](CC)CO)C(C(=O)N(CC=C)c3ccc(OC)cc3)C23CC[C@]1(C)S3.